The fraction of sp³-hybridized carbons (Fsp3) is 0.846. The monoisotopic (exact) mass is 250 g/mol. The molecule has 2 rings (SSSR count). The van der Waals surface area contributed by atoms with Crippen molar-refractivity contribution >= 4 is 5.91 Å². The van der Waals surface area contributed by atoms with Crippen molar-refractivity contribution in [2.45, 2.75) is 50.1 Å². The van der Waals surface area contributed by atoms with Gasteiger partial charge in [0, 0.05) is 12.6 Å². The normalized spacial score (nSPS) is 27.7. The molecule has 5 nitrogen and oxygen atoms in total. The van der Waals surface area contributed by atoms with E-state index in [1.165, 1.54) is 0 Å². The van der Waals surface area contributed by atoms with Crippen LogP contribution < -0.4 is 11.1 Å². The SMILES string of the molecule is N#CC1(NC(=O)CN2CCCC(N)C2)CCCC1. The van der Waals surface area contributed by atoms with Crippen molar-refractivity contribution in [3.8, 4) is 6.07 Å². The van der Waals surface area contributed by atoms with Gasteiger partial charge in [-0.2, -0.15) is 5.26 Å². The summed E-state index contributed by atoms with van der Waals surface area (Å²) in [5.41, 5.74) is 5.29. The van der Waals surface area contributed by atoms with Crippen LogP contribution in [-0.2, 0) is 4.79 Å². The molecule has 0 bridgehead atoms. The van der Waals surface area contributed by atoms with Crippen LogP contribution in [0.2, 0.25) is 0 Å². The van der Waals surface area contributed by atoms with Crippen LogP contribution in [0.1, 0.15) is 38.5 Å². The molecule has 0 aromatic carbocycles. The second kappa shape index (κ2) is 5.68. The molecule has 0 aromatic rings. The highest BCUT2D eigenvalue weighted by Gasteiger charge is 2.35. The van der Waals surface area contributed by atoms with Gasteiger partial charge in [-0.1, -0.05) is 0 Å². The summed E-state index contributed by atoms with van der Waals surface area (Å²) in [6.07, 6.45) is 5.73. The van der Waals surface area contributed by atoms with E-state index in [2.05, 4.69) is 16.3 Å². The number of amides is 1. The van der Waals surface area contributed by atoms with Crippen molar-refractivity contribution in [2.24, 2.45) is 5.73 Å². The second-order valence-electron chi connectivity index (χ2n) is 5.59. The van der Waals surface area contributed by atoms with Gasteiger partial charge in [0.15, 0.2) is 0 Å². The molecular weight excluding hydrogens is 228 g/mol. The number of likely N-dealkylation sites (tertiary alicyclic amines) is 1. The third kappa shape index (κ3) is 3.21. The summed E-state index contributed by atoms with van der Waals surface area (Å²) in [4.78, 5) is 14.1. The first-order valence-corrected chi connectivity index (χ1v) is 6.84. The highest BCUT2D eigenvalue weighted by molar-refractivity contribution is 5.79. The predicted molar refractivity (Wildman–Crippen MR) is 68.6 cm³/mol. The minimum atomic E-state index is -0.602. The van der Waals surface area contributed by atoms with E-state index in [4.69, 9.17) is 5.73 Å². The third-order valence-electron chi connectivity index (χ3n) is 3.96. The number of nitrogens with two attached hydrogens (primary N) is 1. The molecule has 18 heavy (non-hydrogen) atoms. The zero-order valence-electron chi connectivity index (χ0n) is 10.8. The number of hydrogen-bond acceptors (Lipinski definition) is 4. The molecule has 1 aliphatic heterocycles. The molecule has 2 fully saturated rings. The molecule has 1 amide bonds. The van der Waals surface area contributed by atoms with Crippen molar-refractivity contribution in [1.29, 1.82) is 5.26 Å². The van der Waals surface area contributed by atoms with E-state index >= 15 is 0 Å². The minimum Gasteiger partial charge on any atom is -0.337 e. The fourth-order valence-electron chi connectivity index (χ4n) is 2.99. The van der Waals surface area contributed by atoms with E-state index in [9.17, 15) is 10.1 Å². The smallest absolute Gasteiger partial charge is 0.235 e. The number of piperidine rings is 1. The van der Waals surface area contributed by atoms with Gasteiger partial charge in [0.25, 0.3) is 0 Å². The van der Waals surface area contributed by atoms with E-state index in [-0.39, 0.29) is 11.9 Å². The Morgan fingerprint density at radius 1 is 1.44 bits per heavy atom. The summed E-state index contributed by atoms with van der Waals surface area (Å²) in [7, 11) is 0. The Balaban J connectivity index is 1.83. The maximum absolute atomic E-state index is 12.0. The molecule has 1 unspecified atom stereocenters. The van der Waals surface area contributed by atoms with Gasteiger partial charge in [-0.15, -0.1) is 0 Å². The zero-order chi connectivity index (χ0) is 13.0. The van der Waals surface area contributed by atoms with E-state index in [0.29, 0.717) is 6.54 Å². The number of carbonyl (C=O) groups is 1. The fourth-order valence-corrected chi connectivity index (χ4v) is 2.99. The quantitative estimate of drug-likeness (QED) is 0.758. The lowest BCUT2D eigenvalue weighted by atomic mass is 10.00. The van der Waals surface area contributed by atoms with Crippen LogP contribution in [0.5, 0.6) is 0 Å². The Kier molecular flexibility index (Phi) is 4.20. The zero-order valence-corrected chi connectivity index (χ0v) is 10.8. The van der Waals surface area contributed by atoms with Crippen molar-refractivity contribution in [2.75, 3.05) is 19.6 Å². The summed E-state index contributed by atoms with van der Waals surface area (Å²) in [6, 6.07) is 2.46. The van der Waals surface area contributed by atoms with Crippen LogP contribution in [-0.4, -0.2) is 42.0 Å². The largest absolute Gasteiger partial charge is 0.337 e. The molecule has 2 aliphatic rings. The Morgan fingerprint density at radius 2 is 2.17 bits per heavy atom. The molecule has 1 heterocycles. The van der Waals surface area contributed by atoms with Crippen molar-refractivity contribution in [3.63, 3.8) is 0 Å². The summed E-state index contributed by atoms with van der Waals surface area (Å²) >= 11 is 0. The van der Waals surface area contributed by atoms with Gasteiger partial charge in [-0.25, -0.2) is 0 Å². The first-order valence-electron chi connectivity index (χ1n) is 6.84. The molecule has 0 spiro atoms. The highest BCUT2D eigenvalue weighted by atomic mass is 16.2. The van der Waals surface area contributed by atoms with E-state index in [0.717, 1.165) is 51.6 Å². The lowest BCUT2D eigenvalue weighted by molar-refractivity contribution is -0.123. The standard InChI is InChI=1S/C13H22N4O/c14-10-13(5-1-2-6-13)16-12(18)9-17-7-3-4-11(15)8-17/h11H,1-9,15H2,(H,16,18). The van der Waals surface area contributed by atoms with Crippen molar-refractivity contribution in [1.82, 2.24) is 10.2 Å². The molecule has 1 saturated carbocycles. The topological polar surface area (TPSA) is 82.2 Å². The Hall–Kier alpha value is -1.12. The summed E-state index contributed by atoms with van der Waals surface area (Å²) in [6.45, 7) is 2.09. The Morgan fingerprint density at radius 3 is 2.78 bits per heavy atom. The molecule has 1 saturated heterocycles. The molecule has 1 atom stereocenters. The lowest BCUT2D eigenvalue weighted by Crippen LogP contribution is -2.51. The average Bonchev–Trinajstić information content (AvgIpc) is 2.78. The van der Waals surface area contributed by atoms with Gasteiger partial charge in [-0.3, -0.25) is 9.69 Å². The molecule has 3 N–H and O–H groups in total. The molecular formula is C13H22N4O. The maximum atomic E-state index is 12.0. The van der Waals surface area contributed by atoms with E-state index in [1.807, 2.05) is 0 Å². The molecule has 0 radical (unpaired) electrons. The van der Waals surface area contributed by atoms with E-state index < -0.39 is 5.54 Å². The molecule has 5 heteroatoms. The maximum Gasteiger partial charge on any atom is 0.235 e. The predicted octanol–water partition coefficient (Wildman–Crippen LogP) is 0.362. The Bertz CT molecular complexity index is 343. The summed E-state index contributed by atoms with van der Waals surface area (Å²) in [5.74, 6) is -0.0347. The van der Waals surface area contributed by atoms with Gasteiger partial charge < -0.3 is 11.1 Å². The summed E-state index contributed by atoms with van der Waals surface area (Å²) in [5, 5.41) is 12.1. The minimum absolute atomic E-state index is 0.0347. The van der Waals surface area contributed by atoms with E-state index in [1.54, 1.807) is 0 Å². The van der Waals surface area contributed by atoms with Crippen LogP contribution in [0.3, 0.4) is 0 Å². The average molecular weight is 250 g/mol. The first kappa shape index (κ1) is 13.3. The van der Waals surface area contributed by atoms with Crippen LogP contribution >= 0.6 is 0 Å². The van der Waals surface area contributed by atoms with Crippen LogP contribution in [0, 0.1) is 11.3 Å². The number of carbonyl (C=O) groups excluding carboxylic acids is 1. The Labute approximate surface area is 108 Å². The lowest BCUT2D eigenvalue weighted by Gasteiger charge is -2.31. The number of nitriles is 1. The second-order valence-corrected chi connectivity index (χ2v) is 5.59. The number of rotatable bonds is 3. The van der Waals surface area contributed by atoms with Gasteiger partial charge in [0.2, 0.25) is 5.91 Å². The number of nitrogens with one attached hydrogen (secondary N) is 1. The van der Waals surface area contributed by atoms with Crippen LogP contribution in [0.15, 0.2) is 0 Å². The third-order valence-corrected chi connectivity index (χ3v) is 3.96. The van der Waals surface area contributed by atoms with Crippen molar-refractivity contribution in [3.05, 3.63) is 0 Å². The summed E-state index contributed by atoms with van der Waals surface area (Å²) < 4.78 is 0. The highest BCUT2D eigenvalue weighted by Crippen LogP contribution is 2.28. The van der Waals surface area contributed by atoms with Gasteiger partial charge >= 0.3 is 0 Å². The van der Waals surface area contributed by atoms with Crippen LogP contribution in [0.25, 0.3) is 0 Å². The van der Waals surface area contributed by atoms with Crippen molar-refractivity contribution < 1.29 is 4.79 Å². The molecule has 100 valence electrons. The molecule has 1 aliphatic carbocycles. The number of hydrogen-bond donors (Lipinski definition) is 2. The van der Waals surface area contributed by atoms with Crippen LogP contribution in [0.4, 0.5) is 0 Å². The van der Waals surface area contributed by atoms with Gasteiger partial charge in [-0.05, 0) is 45.1 Å². The van der Waals surface area contributed by atoms with Gasteiger partial charge in [0.1, 0.15) is 5.54 Å². The molecule has 0 aromatic heterocycles. The van der Waals surface area contributed by atoms with Gasteiger partial charge in [0.05, 0.1) is 12.6 Å². The first-order chi connectivity index (χ1) is 8.63. The number of nitrogens with zero attached hydrogens (tertiary/aromatic N) is 2.